The lowest BCUT2D eigenvalue weighted by Gasteiger charge is -2.48. The molecule has 0 aromatic heterocycles. The summed E-state index contributed by atoms with van der Waals surface area (Å²) >= 11 is 0. The van der Waals surface area contributed by atoms with Crippen LogP contribution in [0.25, 0.3) is 0 Å². The summed E-state index contributed by atoms with van der Waals surface area (Å²) in [5.74, 6) is 0. The van der Waals surface area contributed by atoms with E-state index in [4.69, 9.17) is 46.7 Å². The molecular formula is C17H35O11P. The summed E-state index contributed by atoms with van der Waals surface area (Å²) in [5.41, 5.74) is 0. The molecule has 0 saturated heterocycles. The Morgan fingerprint density at radius 3 is 1.38 bits per heavy atom. The minimum atomic E-state index is -4.01. The van der Waals surface area contributed by atoms with Crippen LogP contribution in [-0.2, 0) is 51.3 Å². The largest absolute Gasteiger partial charge is 0.475 e. The van der Waals surface area contributed by atoms with E-state index >= 15 is 0 Å². The van der Waals surface area contributed by atoms with Crippen molar-refractivity contribution in [3.8, 4) is 0 Å². The third-order valence-corrected chi connectivity index (χ3v) is 6.30. The molecule has 1 fully saturated rings. The monoisotopic (exact) mass is 446 g/mol. The molecule has 0 radical (unpaired) electrons. The molecule has 11 nitrogen and oxygen atoms in total. The highest BCUT2D eigenvalue weighted by Gasteiger charge is 2.55. The zero-order chi connectivity index (χ0) is 22.0. The first kappa shape index (κ1) is 26.9. The number of hydrogen-bond acceptors (Lipinski definition) is 11. The van der Waals surface area contributed by atoms with Crippen LogP contribution in [0.3, 0.4) is 0 Å². The average molecular weight is 446 g/mol. The van der Waals surface area contributed by atoms with Crippen LogP contribution in [0.1, 0.15) is 0 Å². The summed E-state index contributed by atoms with van der Waals surface area (Å²) in [6.45, 7) is 0.178. The molecule has 6 atom stereocenters. The Kier molecular flexibility index (Phi) is 12.3. The van der Waals surface area contributed by atoms with Gasteiger partial charge in [0, 0.05) is 56.9 Å². The molecule has 6 unspecified atom stereocenters. The average Bonchev–Trinajstić information content (AvgIpc) is 2.75. The van der Waals surface area contributed by atoms with Crippen LogP contribution in [0.4, 0.5) is 0 Å². The molecule has 0 aromatic carbocycles. The fourth-order valence-electron chi connectivity index (χ4n) is 3.40. The highest BCUT2D eigenvalue weighted by molar-refractivity contribution is 7.48. The van der Waals surface area contributed by atoms with Crippen molar-refractivity contribution in [2.75, 3.05) is 70.1 Å². The second kappa shape index (κ2) is 13.3. The topological polar surface area (TPSA) is 109 Å². The van der Waals surface area contributed by atoms with Gasteiger partial charge in [-0.25, -0.2) is 4.57 Å². The van der Waals surface area contributed by atoms with Gasteiger partial charge in [-0.15, -0.1) is 0 Å². The Morgan fingerprint density at radius 2 is 1.07 bits per heavy atom. The maximum absolute atomic E-state index is 13.2. The van der Waals surface area contributed by atoms with E-state index in [1.807, 2.05) is 0 Å². The molecule has 1 aliphatic carbocycles. The molecule has 0 spiro atoms. The summed E-state index contributed by atoms with van der Waals surface area (Å²) in [5, 5.41) is 0. The highest BCUT2D eigenvalue weighted by atomic mass is 31.2. The van der Waals surface area contributed by atoms with Crippen molar-refractivity contribution in [2.24, 2.45) is 0 Å². The van der Waals surface area contributed by atoms with Gasteiger partial charge in [0.25, 0.3) is 0 Å². The molecule has 0 aliphatic heterocycles. The van der Waals surface area contributed by atoms with Gasteiger partial charge in [0.1, 0.15) is 42.7 Å². The van der Waals surface area contributed by atoms with Crippen molar-refractivity contribution in [1.82, 2.24) is 0 Å². The van der Waals surface area contributed by atoms with E-state index in [9.17, 15) is 4.57 Å². The van der Waals surface area contributed by atoms with Crippen molar-refractivity contribution in [1.29, 1.82) is 0 Å². The lowest BCUT2D eigenvalue weighted by atomic mass is 9.84. The number of phosphoric acid groups is 1. The lowest BCUT2D eigenvalue weighted by Crippen LogP contribution is -2.66. The predicted molar refractivity (Wildman–Crippen MR) is 102 cm³/mol. The van der Waals surface area contributed by atoms with Gasteiger partial charge < -0.3 is 33.2 Å². The van der Waals surface area contributed by atoms with Crippen molar-refractivity contribution in [3.63, 3.8) is 0 Å². The number of methoxy groups -OCH3 is 7. The van der Waals surface area contributed by atoms with Gasteiger partial charge >= 0.3 is 7.82 Å². The summed E-state index contributed by atoms with van der Waals surface area (Å²) < 4.78 is 67.6. The molecule has 0 heterocycles. The van der Waals surface area contributed by atoms with Gasteiger partial charge in [0.15, 0.2) is 0 Å². The number of phosphoric ester groups is 1. The molecule has 29 heavy (non-hydrogen) atoms. The fraction of sp³-hybridized carbons (Fsp3) is 1.00. The normalized spacial score (nSPS) is 33.4. The lowest BCUT2D eigenvalue weighted by molar-refractivity contribution is -0.249. The zero-order valence-corrected chi connectivity index (χ0v) is 19.3. The molecular weight excluding hydrogens is 411 g/mol. The molecule has 12 heteroatoms. The van der Waals surface area contributed by atoms with E-state index in [1.165, 1.54) is 56.9 Å². The standard InChI is InChI=1S/C17H35O11P/c1-19-9-11(20-2)10-27-29(18,26-8)28-17-15(24-6)13(22-4)12(21-3)14(23-5)16(17)25-7/h11-17H,9-10H2,1-8H3. The van der Waals surface area contributed by atoms with Crippen molar-refractivity contribution < 1.29 is 51.3 Å². The Labute approximate surface area is 172 Å². The van der Waals surface area contributed by atoms with E-state index in [0.717, 1.165) is 0 Å². The van der Waals surface area contributed by atoms with Crippen LogP contribution in [0, 0.1) is 0 Å². The number of rotatable bonds is 14. The third kappa shape index (κ3) is 6.65. The summed E-state index contributed by atoms with van der Waals surface area (Å²) in [4.78, 5) is 0. The Hall–Kier alpha value is -0.170. The fourth-order valence-corrected chi connectivity index (χ4v) is 4.54. The molecule has 1 saturated carbocycles. The first-order valence-electron chi connectivity index (χ1n) is 9.04. The maximum Gasteiger partial charge on any atom is 0.475 e. The first-order chi connectivity index (χ1) is 13.9. The second-order valence-corrected chi connectivity index (χ2v) is 8.04. The Balaban J connectivity index is 3.12. The van der Waals surface area contributed by atoms with Gasteiger partial charge in [-0.2, -0.15) is 0 Å². The van der Waals surface area contributed by atoms with E-state index in [0.29, 0.717) is 0 Å². The van der Waals surface area contributed by atoms with Gasteiger partial charge in [-0.05, 0) is 0 Å². The Bertz CT molecular complexity index is 474. The molecule has 0 amide bonds. The van der Waals surface area contributed by atoms with Gasteiger partial charge in [-0.1, -0.05) is 0 Å². The van der Waals surface area contributed by atoms with E-state index < -0.39 is 50.6 Å². The van der Waals surface area contributed by atoms with Crippen LogP contribution in [0.2, 0.25) is 0 Å². The van der Waals surface area contributed by atoms with Gasteiger partial charge in [-0.3, -0.25) is 13.6 Å². The quantitative estimate of drug-likeness (QED) is 0.355. The second-order valence-electron chi connectivity index (χ2n) is 6.31. The minimum Gasteiger partial charge on any atom is -0.382 e. The van der Waals surface area contributed by atoms with Crippen LogP contribution in [-0.4, -0.2) is 113 Å². The van der Waals surface area contributed by atoms with Crippen LogP contribution >= 0.6 is 7.82 Å². The van der Waals surface area contributed by atoms with E-state index in [1.54, 1.807) is 0 Å². The molecule has 174 valence electrons. The SMILES string of the molecule is COCC(COP(=O)(OC)OC1C(OC)C(OC)C(OC)C(OC)C1OC)OC. The van der Waals surface area contributed by atoms with Crippen molar-refractivity contribution >= 4 is 7.82 Å². The number of ether oxygens (including phenoxy) is 7. The maximum atomic E-state index is 13.2. The summed E-state index contributed by atoms with van der Waals surface area (Å²) in [7, 11) is 7.76. The molecule has 1 rings (SSSR count). The van der Waals surface area contributed by atoms with Crippen molar-refractivity contribution in [2.45, 2.75) is 42.7 Å². The van der Waals surface area contributed by atoms with Gasteiger partial charge in [0.2, 0.25) is 0 Å². The number of hydrogen-bond donors (Lipinski definition) is 0. The summed E-state index contributed by atoms with van der Waals surface area (Å²) in [6.07, 6.45) is -4.45. The molecule has 1 aliphatic rings. The van der Waals surface area contributed by atoms with E-state index in [-0.39, 0.29) is 13.2 Å². The van der Waals surface area contributed by atoms with Crippen LogP contribution < -0.4 is 0 Å². The van der Waals surface area contributed by atoms with E-state index in [2.05, 4.69) is 0 Å². The van der Waals surface area contributed by atoms with Crippen molar-refractivity contribution in [3.05, 3.63) is 0 Å². The summed E-state index contributed by atoms with van der Waals surface area (Å²) in [6, 6.07) is 0. The molecule has 0 N–H and O–H groups in total. The molecule has 0 bridgehead atoms. The molecule has 0 aromatic rings. The van der Waals surface area contributed by atoms with Gasteiger partial charge in [0.05, 0.1) is 13.2 Å². The zero-order valence-electron chi connectivity index (χ0n) is 18.4. The third-order valence-electron chi connectivity index (χ3n) is 4.88. The highest BCUT2D eigenvalue weighted by Crippen LogP contribution is 2.52. The Morgan fingerprint density at radius 1 is 0.655 bits per heavy atom. The predicted octanol–water partition coefficient (Wildman–Crippen LogP) is 0.893. The minimum absolute atomic E-state index is 0.0699. The van der Waals surface area contributed by atoms with Crippen LogP contribution in [0.5, 0.6) is 0 Å². The van der Waals surface area contributed by atoms with Crippen LogP contribution in [0.15, 0.2) is 0 Å². The smallest absolute Gasteiger partial charge is 0.382 e. The first-order valence-corrected chi connectivity index (χ1v) is 10.5.